The van der Waals surface area contributed by atoms with E-state index in [1.54, 1.807) is 22.7 Å². The van der Waals surface area contributed by atoms with E-state index in [-0.39, 0.29) is 4.90 Å². The van der Waals surface area contributed by atoms with Crippen molar-refractivity contribution in [1.29, 1.82) is 0 Å². The van der Waals surface area contributed by atoms with Crippen LogP contribution in [0.4, 0.5) is 5.69 Å². The molecule has 0 N–H and O–H groups in total. The number of ether oxygens (including phenoxy) is 1. The van der Waals surface area contributed by atoms with Gasteiger partial charge in [-0.2, -0.15) is 0 Å². The van der Waals surface area contributed by atoms with Crippen molar-refractivity contribution in [3.63, 3.8) is 0 Å². The largest absolute Gasteiger partial charge is 0.378 e. The molecule has 1 fully saturated rings. The van der Waals surface area contributed by atoms with Gasteiger partial charge in [-0.25, -0.2) is 17.9 Å². The highest BCUT2D eigenvalue weighted by atomic mass is 32.2. The van der Waals surface area contributed by atoms with Crippen molar-refractivity contribution in [3.05, 3.63) is 66.9 Å². The van der Waals surface area contributed by atoms with Crippen molar-refractivity contribution in [3.8, 4) is 22.5 Å². The number of pyridine rings is 1. The number of morpholine rings is 1. The van der Waals surface area contributed by atoms with Gasteiger partial charge < -0.3 is 9.64 Å². The molecule has 3 heterocycles. The lowest BCUT2D eigenvalue weighted by atomic mass is 10.1. The Morgan fingerprint density at radius 2 is 1.90 bits per heavy atom. The second kappa shape index (κ2) is 7.79. The Kier molecular flexibility index (Phi) is 4.95. The third-order valence-corrected chi connectivity index (χ3v) is 6.45. The molecule has 0 aliphatic carbocycles. The van der Waals surface area contributed by atoms with Crippen molar-refractivity contribution >= 4 is 21.2 Å². The molecule has 31 heavy (non-hydrogen) atoms. The maximum Gasteiger partial charge on any atom is 0.182 e. The first-order valence-electron chi connectivity index (χ1n) is 10.00. The molecule has 7 nitrogen and oxygen atoms in total. The molecule has 0 amide bonds. The fraction of sp³-hybridized carbons (Fsp3) is 0.217. The summed E-state index contributed by atoms with van der Waals surface area (Å²) in [5.74, 6) is 0.571. The summed E-state index contributed by atoms with van der Waals surface area (Å²) in [7, 11) is -3.30. The summed E-state index contributed by atoms with van der Waals surface area (Å²) in [5, 5.41) is 4.64. The van der Waals surface area contributed by atoms with Gasteiger partial charge in [-0.1, -0.05) is 18.2 Å². The summed E-state index contributed by atoms with van der Waals surface area (Å²) in [4.78, 5) is 7.32. The van der Waals surface area contributed by atoms with E-state index < -0.39 is 9.84 Å². The third kappa shape index (κ3) is 3.92. The first kappa shape index (κ1) is 19.7. The fourth-order valence-electron chi connectivity index (χ4n) is 3.74. The molecule has 1 aliphatic heterocycles. The molecule has 1 aliphatic rings. The Hall–Kier alpha value is -3.23. The summed E-state index contributed by atoms with van der Waals surface area (Å²) in [5.41, 5.74) is 4.16. The average Bonchev–Trinajstić information content (AvgIpc) is 3.24. The quantitative estimate of drug-likeness (QED) is 0.492. The van der Waals surface area contributed by atoms with E-state index in [1.165, 1.54) is 6.26 Å². The summed E-state index contributed by atoms with van der Waals surface area (Å²) >= 11 is 0. The predicted molar refractivity (Wildman–Crippen MR) is 119 cm³/mol. The van der Waals surface area contributed by atoms with Crippen LogP contribution in [0.2, 0.25) is 0 Å². The van der Waals surface area contributed by atoms with E-state index in [2.05, 4.69) is 16.1 Å². The van der Waals surface area contributed by atoms with Gasteiger partial charge in [0.05, 0.1) is 18.1 Å². The maximum absolute atomic E-state index is 12.0. The normalized spacial score (nSPS) is 14.8. The minimum Gasteiger partial charge on any atom is -0.378 e. The van der Waals surface area contributed by atoms with Gasteiger partial charge in [0.15, 0.2) is 21.3 Å². The molecule has 0 atom stereocenters. The molecule has 2 aromatic carbocycles. The van der Waals surface area contributed by atoms with Crippen molar-refractivity contribution in [2.45, 2.75) is 4.90 Å². The SMILES string of the molecule is CS(=O)(=O)c1cccc(-c2cccn3nc(-c4[c]ccc(N5CCOCC5)c4)nc23)c1. The number of rotatable bonds is 4. The molecule has 1 radical (unpaired) electrons. The van der Waals surface area contributed by atoms with Crippen LogP contribution in [0.25, 0.3) is 28.2 Å². The van der Waals surface area contributed by atoms with Gasteiger partial charge in [0, 0.05) is 42.4 Å². The van der Waals surface area contributed by atoms with Gasteiger partial charge in [-0.3, -0.25) is 0 Å². The molecule has 5 rings (SSSR count). The second-order valence-electron chi connectivity index (χ2n) is 7.49. The molecule has 4 aromatic rings. The number of sulfone groups is 1. The lowest BCUT2D eigenvalue weighted by molar-refractivity contribution is 0.122. The second-order valence-corrected chi connectivity index (χ2v) is 9.50. The van der Waals surface area contributed by atoms with Crippen LogP contribution >= 0.6 is 0 Å². The van der Waals surface area contributed by atoms with Crippen LogP contribution in [-0.2, 0) is 14.6 Å². The van der Waals surface area contributed by atoms with Crippen LogP contribution < -0.4 is 4.90 Å². The summed E-state index contributed by atoms with van der Waals surface area (Å²) < 4.78 is 31.1. The Balaban J connectivity index is 1.57. The first-order chi connectivity index (χ1) is 15.0. The van der Waals surface area contributed by atoms with E-state index in [0.717, 1.165) is 48.7 Å². The minimum absolute atomic E-state index is 0.276. The topological polar surface area (TPSA) is 76.8 Å². The van der Waals surface area contributed by atoms with Gasteiger partial charge in [0.25, 0.3) is 0 Å². The molecule has 2 aromatic heterocycles. The van der Waals surface area contributed by atoms with Gasteiger partial charge >= 0.3 is 0 Å². The Morgan fingerprint density at radius 1 is 1.06 bits per heavy atom. The number of fused-ring (bicyclic) bond motifs is 1. The summed E-state index contributed by atoms with van der Waals surface area (Å²) in [6.07, 6.45) is 3.04. The number of benzene rings is 2. The van der Waals surface area contributed by atoms with E-state index >= 15 is 0 Å². The van der Waals surface area contributed by atoms with Crippen LogP contribution in [0.3, 0.4) is 0 Å². The molecule has 157 valence electrons. The van der Waals surface area contributed by atoms with Gasteiger partial charge in [-0.05, 0) is 48.0 Å². The highest BCUT2D eigenvalue weighted by Crippen LogP contribution is 2.28. The van der Waals surface area contributed by atoms with Crippen LogP contribution in [0.1, 0.15) is 0 Å². The number of hydrogen-bond acceptors (Lipinski definition) is 6. The lowest BCUT2D eigenvalue weighted by Gasteiger charge is -2.29. The molecular formula is C23H21N4O3S. The molecular weight excluding hydrogens is 412 g/mol. The van der Waals surface area contributed by atoms with E-state index in [1.807, 2.05) is 42.6 Å². The summed E-state index contributed by atoms with van der Waals surface area (Å²) in [6.45, 7) is 3.14. The first-order valence-corrected chi connectivity index (χ1v) is 11.9. The Morgan fingerprint density at radius 3 is 2.71 bits per heavy atom. The van der Waals surface area contributed by atoms with Crippen molar-refractivity contribution in [1.82, 2.24) is 14.6 Å². The Bertz CT molecular complexity index is 1360. The fourth-order valence-corrected chi connectivity index (χ4v) is 4.41. The molecule has 0 unspecified atom stereocenters. The number of anilines is 1. The van der Waals surface area contributed by atoms with E-state index in [0.29, 0.717) is 11.5 Å². The molecule has 0 bridgehead atoms. The van der Waals surface area contributed by atoms with Gasteiger partial charge in [-0.15, -0.1) is 5.10 Å². The number of hydrogen-bond donors (Lipinski definition) is 0. The van der Waals surface area contributed by atoms with Gasteiger partial charge in [0.2, 0.25) is 0 Å². The third-order valence-electron chi connectivity index (χ3n) is 5.34. The lowest BCUT2D eigenvalue weighted by Crippen LogP contribution is -2.36. The molecule has 0 saturated carbocycles. The smallest absolute Gasteiger partial charge is 0.182 e. The summed E-state index contributed by atoms with van der Waals surface area (Å²) in [6, 6.07) is 19.9. The minimum atomic E-state index is -3.30. The highest BCUT2D eigenvalue weighted by Gasteiger charge is 2.16. The molecule has 0 spiro atoms. The highest BCUT2D eigenvalue weighted by molar-refractivity contribution is 7.90. The van der Waals surface area contributed by atoms with E-state index in [4.69, 9.17) is 9.72 Å². The van der Waals surface area contributed by atoms with Crippen molar-refractivity contribution in [2.75, 3.05) is 37.5 Å². The zero-order chi connectivity index (χ0) is 21.4. The zero-order valence-electron chi connectivity index (χ0n) is 17.0. The van der Waals surface area contributed by atoms with Crippen LogP contribution in [-0.4, -0.2) is 55.6 Å². The van der Waals surface area contributed by atoms with E-state index in [9.17, 15) is 8.42 Å². The van der Waals surface area contributed by atoms with Gasteiger partial charge in [0.1, 0.15) is 0 Å². The van der Waals surface area contributed by atoms with Crippen molar-refractivity contribution in [2.24, 2.45) is 0 Å². The monoisotopic (exact) mass is 433 g/mol. The van der Waals surface area contributed by atoms with Crippen LogP contribution in [0, 0.1) is 6.07 Å². The number of aromatic nitrogens is 3. The predicted octanol–water partition coefficient (Wildman–Crippen LogP) is 3.10. The molecule has 8 heteroatoms. The Labute approximate surface area is 180 Å². The van der Waals surface area contributed by atoms with Crippen molar-refractivity contribution < 1.29 is 13.2 Å². The zero-order valence-corrected chi connectivity index (χ0v) is 17.8. The average molecular weight is 434 g/mol. The standard InChI is InChI=1S/C23H21N4O3S/c1-31(28,29)20-8-3-5-17(16-20)21-9-4-10-27-23(21)24-22(25-27)18-6-2-7-19(15-18)26-11-13-30-14-12-26/h2-5,7-10,15-16H,11-14H2,1H3. The van der Waals surface area contributed by atoms with Crippen LogP contribution in [0.15, 0.2) is 65.7 Å². The maximum atomic E-state index is 12.0. The van der Waals surface area contributed by atoms with Crippen LogP contribution in [0.5, 0.6) is 0 Å². The molecule has 1 saturated heterocycles. The number of nitrogens with zero attached hydrogens (tertiary/aromatic N) is 4.